The maximum Gasteiger partial charge on any atom is 0.224 e. The standard InChI is InChI=1S/C12H12ClFN4/c1-15-6-8-3-2-4-9(5-8)17-11-10(14)7-16-12(13)18-11/h2,4-7,15H,3H2,1H3,(H,16,17,18). The van der Waals surface area contributed by atoms with Crippen molar-refractivity contribution in [3.63, 3.8) is 0 Å². The average Bonchev–Trinajstić information content (AvgIpc) is 2.35. The van der Waals surface area contributed by atoms with Crippen molar-refractivity contribution in [2.75, 3.05) is 12.4 Å². The summed E-state index contributed by atoms with van der Waals surface area (Å²) in [5, 5.41) is 5.83. The van der Waals surface area contributed by atoms with E-state index in [1.165, 1.54) is 0 Å². The second-order valence-electron chi connectivity index (χ2n) is 3.67. The summed E-state index contributed by atoms with van der Waals surface area (Å²) in [5.74, 6) is -0.477. The number of anilines is 1. The molecule has 0 radical (unpaired) electrons. The molecule has 1 aromatic rings. The first-order chi connectivity index (χ1) is 8.69. The lowest BCUT2D eigenvalue weighted by atomic mass is 10.1. The normalized spacial score (nSPS) is 16.6. The molecule has 6 heteroatoms. The van der Waals surface area contributed by atoms with Gasteiger partial charge in [0.05, 0.1) is 6.20 Å². The molecule has 18 heavy (non-hydrogen) atoms. The topological polar surface area (TPSA) is 49.8 Å². The second kappa shape index (κ2) is 5.64. The van der Waals surface area contributed by atoms with Crippen molar-refractivity contribution in [3.05, 3.63) is 53.0 Å². The molecule has 0 fully saturated rings. The molecule has 2 N–H and O–H groups in total. The van der Waals surface area contributed by atoms with Crippen molar-refractivity contribution in [3.8, 4) is 0 Å². The largest absolute Gasteiger partial charge is 0.394 e. The van der Waals surface area contributed by atoms with E-state index in [0.29, 0.717) is 0 Å². The molecule has 0 bridgehead atoms. The first-order valence-corrected chi connectivity index (χ1v) is 5.76. The zero-order chi connectivity index (χ0) is 13.0. The van der Waals surface area contributed by atoms with E-state index >= 15 is 0 Å². The molecule has 1 heterocycles. The predicted molar refractivity (Wildman–Crippen MR) is 69.6 cm³/mol. The molecular weight excluding hydrogens is 255 g/mol. The van der Waals surface area contributed by atoms with Gasteiger partial charge in [-0.2, -0.15) is 4.98 Å². The Morgan fingerprint density at radius 3 is 3.11 bits per heavy atom. The minimum atomic E-state index is -0.543. The van der Waals surface area contributed by atoms with Crippen LogP contribution < -0.4 is 10.6 Å². The van der Waals surface area contributed by atoms with Crippen molar-refractivity contribution in [1.29, 1.82) is 0 Å². The summed E-state index contributed by atoms with van der Waals surface area (Å²) in [6.07, 6.45) is 9.50. The molecule has 1 aromatic heterocycles. The van der Waals surface area contributed by atoms with Crippen LogP contribution in [0.15, 0.2) is 41.9 Å². The Hall–Kier alpha value is -1.88. The first kappa shape index (κ1) is 12.6. The van der Waals surface area contributed by atoms with Gasteiger partial charge in [-0.1, -0.05) is 6.08 Å². The Balaban J connectivity index is 2.21. The maximum absolute atomic E-state index is 13.4. The van der Waals surface area contributed by atoms with Crippen LogP contribution in [-0.4, -0.2) is 17.0 Å². The van der Waals surface area contributed by atoms with Crippen LogP contribution in [0.25, 0.3) is 0 Å². The summed E-state index contributed by atoms with van der Waals surface area (Å²) in [6, 6.07) is 0. The van der Waals surface area contributed by atoms with Gasteiger partial charge in [0.2, 0.25) is 5.28 Å². The van der Waals surface area contributed by atoms with E-state index in [9.17, 15) is 4.39 Å². The lowest BCUT2D eigenvalue weighted by molar-refractivity contribution is 0.618. The van der Waals surface area contributed by atoms with Gasteiger partial charge in [0.1, 0.15) is 0 Å². The van der Waals surface area contributed by atoms with Gasteiger partial charge >= 0.3 is 0 Å². The fourth-order valence-electron chi connectivity index (χ4n) is 1.56. The molecule has 1 aliphatic rings. The van der Waals surface area contributed by atoms with Crippen molar-refractivity contribution in [1.82, 2.24) is 15.3 Å². The van der Waals surface area contributed by atoms with E-state index in [-0.39, 0.29) is 11.1 Å². The number of rotatable bonds is 3. The highest BCUT2D eigenvalue weighted by Gasteiger charge is 2.08. The van der Waals surface area contributed by atoms with Crippen LogP contribution >= 0.6 is 11.6 Å². The molecule has 0 saturated heterocycles. The minimum Gasteiger partial charge on any atom is -0.394 e. The minimum absolute atomic E-state index is 0.00489. The number of halogens is 2. The van der Waals surface area contributed by atoms with Gasteiger partial charge in [0.25, 0.3) is 0 Å². The third-order valence-corrected chi connectivity index (χ3v) is 2.48. The average molecular weight is 267 g/mol. The molecule has 0 unspecified atom stereocenters. The predicted octanol–water partition coefficient (Wildman–Crippen LogP) is 2.63. The number of allylic oxidation sites excluding steroid dienone is 4. The summed E-state index contributed by atoms with van der Waals surface area (Å²) >= 11 is 5.63. The van der Waals surface area contributed by atoms with E-state index in [2.05, 4.69) is 20.6 Å². The number of hydrogen-bond acceptors (Lipinski definition) is 4. The molecule has 0 saturated carbocycles. The lowest BCUT2D eigenvalue weighted by Gasteiger charge is -2.12. The van der Waals surface area contributed by atoms with Gasteiger partial charge in [0, 0.05) is 12.7 Å². The summed E-state index contributed by atoms with van der Waals surface area (Å²) in [6.45, 7) is 0. The molecule has 0 amide bonds. The van der Waals surface area contributed by atoms with Crippen molar-refractivity contribution < 1.29 is 4.39 Å². The Kier molecular flexibility index (Phi) is 3.94. The van der Waals surface area contributed by atoms with Crippen LogP contribution in [0.5, 0.6) is 0 Å². The van der Waals surface area contributed by atoms with Crippen molar-refractivity contribution in [2.24, 2.45) is 0 Å². The van der Waals surface area contributed by atoms with Crippen molar-refractivity contribution in [2.45, 2.75) is 6.42 Å². The van der Waals surface area contributed by atoms with Gasteiger partial charge in [-0.05, 0) is 41.9 Å². The van der Waals surface area contributed by atoms with Crippen LogP contribution in [0.3, 0.4) is 0 Å². The monoisotopic (exact) mass is 266 g/mol. The third kappa shape index (κ3) is 3.07. The highest BCUT2D eigenvalue weighted by molar-refractivity contribution is 6.28. The van der Waals surface area contributed by atoms with E-state index in [0.717, 1.165) is 23.9 Å². The van der Waals surface area contributed by atoms with E-state index in [4.69, 9.17) is 11.6 Å². The molecule has 2 rings (SSSR count). The van der Waals surface area contributed by atoms with Gasteiger partial charge in [-0.15, -0.1) is 0 Å². The van der Waals surface area contributed by atoms with E-state index in [1.54, 1.807) is 0 Å². The van der Waals surface area contributed by atoms with Crippen LogP contribution in [0.4, 0.5) is 10.2 Å². The number of nitrogens with zero attached hydrogens (tertiary/aromatic N) is 2. The Bertz CT molecular complexity index is 537. The number of aromatic nitrogens is 2. The van der Waals surface area contributed by atoms with E-state index in [1.807, 2.05) is 31.5 Å². The molecule has 0 aliphatic heterocycles. The quantitative estimate of drug-likeness (QED) is 0.826. The highest BCUT2D eigenvalue weighted by Crippen LogP contribution is 2.19. The van der Waals surface area contributed by atoms with Gasteiger partial charge < -0.3 is 10.6 Å². The summed E-state index contributed by atoms with van der Waals surface area (Å²) in [5.41, 5.74) is 1.83. The van der Waals surface area contributed by atoms with Crippen LogP contribution in [0.2, 0.25) is 5.28 Å². The second-order valence-corrected chi connectivity index (χ2v) is 4.01. The Morgan fingerprint density at radius 1 is 1.50 bits per heavy atom. The molecule has 0 spiro atoms. The Labute approximate surface area is 109 Å². The molecular formula is C12H12ClFN4. The first-order valence-electron chi connectivity index (χ1n) is 5.38. The summed E-state index contributed by atoms with van der Waals surface area (Å²) < 4.78 is 13.4. The number of nitrogens with one attached hydrogen (secondary N) is 2. The maximum atomic E-state index is 13.4. The van der Waals surface area contributed by atoms with Gasteiger partial charge in [-0.3, -0.25) is 0 Å². The highest BCUT2D eigenvalue weighted by atomic mass is 35.5. The molecule has 4 nitrogen and oxygen atoms in total. The van der Waals surface area contributed by atoms with Gasteiger partial charge in [0.15, 0.2) is 11.6 Å². The van der Waals surface area contributed by atoms with E-state index < -0.39 is 5.82 Å². The van der Waals surface area contributed by atoms with Crippen LogP contribution in [-0.2, 0) is 0 Å². The van der Waals surface area contributed by atoms with Crippen LogP contribution in [0, 0.1) is 5.82 Å². The molecule has 1 aliphatic carbocycles. The van der Waals surface area contributed by atoms with Crippen molar-refractivity contribution >= 4 is 17.4 Å². The summed E-state index contributed by atoms with van der Waals surface area (Å²) in [7, 11) is 1.83. The number of hydrogen-bond donors (Lipinski definition) is 2. The summed E-state index contributed by atoms with van der Waals surface area (Å²) in [4.78, 5) is 7.35. The zero-order valence-corrected chi connectivity index (χ0v) is 10.5. The lowest BCUT2D eigenvalue weighted by Crippen LogP contribution is -2.06. The van der Waals surface area contributed by atoms with Gasteiger partial charge in [-0.25, -0.2) is 9.37 Å². The molecule has 0 atom stereocenters. The third-order valence-electron chi connectivity index (χ3n) is 2.30. The SMILES string of the molecule is CNC=C1C=C(Nc2nc(Cl)ncc2F)C=CC1. The molecule has 0 aromatic carbocycles. The molecule has 94 valence electrons. The smallest absolute Gasteiger partial charge is 0.224 e. The zero-order valence-electron chi connectivity index (χ0n) is 9.74. The fourth-order valence-corrected chi connectivity index (χ4v) is 1.70. The fraction of sp³-hybridized carbons (Fsp3) is 0.167. The Morgan fingerprint density at radius 2 is 2.33 bits per heavy atom. The van der Waals surface area contributed by atoms with Crippen LogP contribution in [0.1, 0.15) is 6.42 Å².